The van der Waals surface area contributed by atoms with E-state index >= 15 is 0 Å². The zero-order valence-corrected chi connectivity index (χ0v) is 11.2. The van der Waals surface area contributed by atoms with Crippen LogP contribution in [-0.2, 0) is 16.1 Å². The molecule has 2 N–H and O–H groups in total. The van der Waals surface area contributed by atoms with Crippen molar-refractivity contribution in [3.63, 3.8) is 0 Å². The summed E-state index contributed by atoms with van der Waals surface area (Å²) in [7, 11) is 0. The van der Waals surface area contributed by atoms with Gasteiger partial charge in [0.15, 0.2) is 0 Å². The zero-order valence-electron chi connectivity index (χ0n) is 11.2. The van der Waals surface area contributed by atoms with Crippen molar-refractivity contribution in [2.45, 2.75) is 19.6 Å². The zero-order chi connectivity index (χ0) is 13.7. The molecular formula is C14H20N2O3. The number of amides is 1. The van der Waals surface area contributed by atoms with Gasteiger partial charge in [0.05, 0.1) is 13.2 Å². The molecule has 0 unspecified atom stereocenters. The maximum Gasteiger partial charge on any atom is 0.247 e. The number of hydrogen-bond acceptors (Lipinski definition) is 4. The number of carbonyl (C=O) groups is 1. The molecule has 0 saturated carbocycles. The Balaban J connectivity index is 1.91. The molecule has 0 bridgehead atoms. The molecule has 1 fully saturated rings. The van der Waals surface area contributed by atoms with Crippen LogP contribution in [0.1, 0.15) is 12.5 Å². The fraction of sp³-hybridized carbons (Fsp3) is 0.500. The van der Waals surface area contributed by atoms with Crippen LogP contribution in [0.2, 0.25) is 0 Å². The van der Waals surface area contributed by atoms with E-state index in [1.54, 1.807) is 0 Å². The quantitative estimate of drug-likeness (QED) is 0.853. The summed E-state index contributed by atoms with van der Waals surface area (Å²) in [6, 6.07) is 8.01. The smallest absolute Gasteiger partial charge is 0.247 e. The summed E-state index contributed by atoms with van der Waals surface area (Å²) in [6.07, 6.45) is -0.489. The molecule has 1 heterocycles. The Morgan fingerprint density at radius 3 is 2.84 bits per heavy atom. The molecule has 1 amide bonds. The van der Waals surface area contributed by atoms with Crippen molar-refractivity contribution in [2.75, 3.05) is 26.3 Å². The third-order valence-electron chi connectivity index (χ3n) is 3.11. The van der Waals surface area contributed by atoms with Gasteiger partial charge >= 0.3 is 0 Å². The highest BCUT2D eigenvalue weighted by Crippen LogP contribution is 2.15. The molecule has 1 aliphatic rings. The summed E-state index contributed by atoms with van der Waals surface area (Å²) in [4.78, 5) is 13.3. The lowest BCUT2D eigenvalue weighted by Crippen LogP contribution is -2.47. The molecule has 0 aliphatic carbocycles. The van der Waals surface area contributed by atoms with Gasteiger partial charge in [-0.25, -0.2) is 0 Å². The number of primary amides is 1. The molecule has 0 radical (unpaired) electrons. The topological polar surface area (TPSA) is 64.8 Å². The van der Waals surface area contributed by atoms with E-state index in [-0.39, 0.29) is 0 Å². The number of hydrogen-bond donors (Lipinski definition) is 1. The monoisotopic (exact) mass is 264 g/mol. The lowest BCUT2D eigenvalue weighted by Gasteiger charge is -2.31. The SMILES string of the molecule is CCOc1ccc(CN2CCO[C@@H](C(N)=O)C2)cc1. The van der Waals surface area contributed by atoms with E-state index in [0.29, 0.717) is 19.8 Å². The molecule has 1 saturated heterocycles. The maximum absolute atomic E-state index is 11.1. The molecule has 1 atom stereocenters. The second kappa shape index (κ2) is 6.54. The molecule has 5 nitrogen and oxygen atoms in total. The summed E-state index contributed by atoms with van der Waals surface area (Å²) < 4.78 is 10.7. The highest BCUT2D eigenvalue weighted by Gasteiger charge is 2.24. The van der Waals surface area contributed by atoms with Crippen molar-refractivity contribution in [1.29, 1.82) is 0 Å². The van der Waals surface area contributed by atoms with Crippen LogP contribution in [0.3, 0.4) is 0 Å². The van der Waals surface area contributed by atoms with Crippen molar-refractivity contribution in [2.24, 2.45) is 5.73 Å². The summed E-state index contributed by atoms with van der Waals surface area (Å²) in [5.74, 6) is 0.486. The first-order valence-corrected chi connectivity index (χ1v) is 6.54. The van der Waals surface area contributed by atoms with E-state index in [1.165, 1.54) is 5.56 Å². The van der Waals surface area contributed by atoms with Gasteiger partial charge in [-0.2, -0.15) is 0 Å². The van der Waals surface area contributed by atoms with Gasteiger partial charge in [-0.1, -0.05) is 12.1 Å². The van der Waals surface area contributed by atoms with E-state index < -0.39 is 12.0 Å². The molecule has 0 aromatic heterocycles. The first-order valence-electron chi connectivity index (χ1n) is 6.54. The average Bonchev–Trinajstić information content (AvgIpc) is 2.42. The lowest BCUT2D eigenvalue weighted by atomic mass is 10.2. The van der Waals surface area contributed by atoms with Crippen LogP contribution in [-0.4, -0.2) is 43.2 Å². The fourth-order valence-corrected chi connectivity index (χ4v) is 2.13. The van der Waals surface area contributed by atoms with E-state index in [1.807, 2.05) is 31.2 Å². The van der Waals surface area contributed by atoms with E-state index in [2.05, 4.69) is 4.90 Å². The van der Waals surface area contributed by atoms with Crippen molar-refractivity contribution < 1.29 is 14.3 Å². The van der Waals surface area contributed by atoms with Gasteiger partial charge < -0.3 is 15.2 Å². The van der Waals surface area contributed by atoms with Gasteiger partial charge in [-0.3, -0.25) is 9.69 Å². The molecule has 1 aromatic rings. The number of rotatable bonds is 5. The van der Waals surface area contributed by atoms with Crippen molar-refractivity contribution in [3.8, 4) is 5.75 Å². The van der Waals surface area contributed by atoms with Crippen LogP contribution >= 0.6 is 0 Å². The molecule has 5 heteroatoms. The Morgan fingerprint density at radius 2 is 2.21 bits per heavy atom. The van der Waals surface area contributed by atoms with Crippen LogP contribution in [0.4, 0.5) is 0 Å². The van der Waals surface area contributed by atoms with Crippen molar-refractivity contribution >= 4 is 5.91 Å². The fourth-order valence-electron chi connectivity index (χ4n) is 2.13. The summed E-state index contributed by atoms with van der Waals surface area (Å²) >= 11 is 0. The summed E-state index contributed by atoms with van der Waals surface area (Å²) in [5, 5.41) is 0. The second-order valence-corrected chi connectivity index (χ2v) is 4.57. The molecule has 2 rings (SSSR count). The van der Waals surface area contributed by atoms with E-state index in [9.17, 15) is 4.79 Å². The maximum atomic E-state index is 11.1. The number of carbonyl (C=O) groups excluding carboxylic acids is 1. The van der Waals surface area contributed by atoms with Crippen LogP contribution in [0, 0.1) is 0 Å². The van der Waals surface area contributed by atoms with Crippen LogP contribution in [0.25, 0.3) is 0 Å². The van der Waals surface area contributed by atoms with Crippen LogP contribution in [0.15, 0.2) is 24.3 Å². The molecule has 104 valence electrons. The molecule has 1 aliphatic heterocycles. The number of nitrogens with two attached hydrogens (primary N) is 1. The van der Waals surface area contributed by atoms with E-state index in [0.717, 1.165) is 18.8 Å². The minimum absolute atomic E-state index is 0.392. The van der Waals surface area contributed by atoms with Gasteiger partial charge in [-0.05, 0) is 24.6 Å². The Kier molecular flexibility index (Phi) is 4.76. The average molecular weight is 264 g/mol. The molecule has 0 spiro atoms. The van der Waals surface area contributed by atoms with E-state index in [4.69, 9.17) is 15.2 Å². The first-order chi connectivity index (χ1) is 9.19. The van der Waals surface area contributed by atoms with Gasteiger partial charge in [0, 0.05) is 19.6 Å². The standard InChI is InChI=1S/C14H20N2O3/c1-2-18-12-5-3-11(4-6-12)9-16-7-8-19-13(10-16)14(15)17/h3-6,13H,2,7-10H2,1H3,(H2,15,17)/t13-/m1/s1. The summed E-state index contributed by atoms with van der Waals surface area (Å²) in [5.41, 5.74) is 6.46. The minimum atomic E-state index is -0.489. The van der Waals surface area contributed by atoms with Crippen LogP contribution < -0.4 is 10.5 Å². The molecular weight excluding hydrogens is 244 g/mol. The van der Waals surface area contributed by atoms with Crippen molar-refractivity contribution in [3.05, 3.63) is 29.8 Å². The van der Waals surface area contributed by atoms with Gasteiger partial charge in [-0.15, -0.1) is 0 Å². The number of benzene rings is 1. The second-order valence-electron chi connectivity index (χ2n) is 4.57. The third-order valence-corrected chi connectivity index (χ3v) is 3.11. The normalized spacial score (nSPS) is 20.2. The van der Waals surface area contributed by atoms with Gasteiger partial charge in [0.25, 0.3) is 0 Å². The number of nitrogens with zero attached hydrogens (tertiary/aromatic N) is 1. The Labute approximate surface area is 113 Å². The minimum Gasteiger partial charge on any atom is -0.494 e. The highest BCUT2D eigenvalue weighted by atomic mass is 16.5. The Morgan fingerprint density at radius 1 is 1.47 bits per heavy atom. The van der Waals surface area contributed by atoms with Gasteiger partial charge in [0.2, 0.25) is 5.91 Å². The number of ether oxygens (including phenoxy) is 2. The lowest BCUT2D eigenvalue weighted by molar-refractivity contribution is -0.135. The Hall–Kier alpha value is -1.59. The predicted molar refractivity (Wildman–Crippen MR) is 71.8 cm³/mol. The van der Waals surface area contributed by atoms with Crippen molar-refractivity contribution in [1.82, 2.24) is 4.90 Å². The summed E-state index contributed by atoms with van der Waals surface area (Å²) in [6.45, 7) is 5.35. The molecule has 1 aromatic carbocycles. The first kappa shape index (κ1) is 13.8. The number of morpholine rings is 1. The van der Waals surface area contributed by atoms with Crippen LogP contribution in [0.5, 0.6) is 5.75 Å². The van der Waals surface area contributed by atoms with Gasteiger partial charge in [0.1, 0.15) is 11.9 Å². The third kappa shape index (κ3) is 3.94. The highest BCUT2D eigenvalue weighted by molar-refractivity contribution is 5.79. The Bertz CT molecular complexity index is 419. The largest absolute Gasteiger partial charge is 0.494 e. The molecule has 19 heavy (non-hydrogen) atoms. The predicted octanol–water partition coefficient (Wildman–Crippen LogP) is 0.771.